The highest BCUT2D eigenvalue weighted by Gasteiger charge is 2.24. The Morgan fingerprint density at radius 1 is 0.439 bits per heavy atom. The summed E-state index contributed by atoms with van der Waals surface area (Å²) in [5.41, 5.74) is 23.0. The summed E-state index contributed by atoms with van der Waals surface area (Å²) >= 11 is 0. The molecule has 1 aliphatic rings. The smallest absolute Gasteiger partial charge is 0.129 e. The van der Waals surface area contributed by atoms with Gasteiger partial charge in [0, 0.05) is 23.5 Å². The number of anilines is 2. The fourth-order valence-corrected chi connectivity index (χ4v) is 5.65. The number of nitrogen functional groups attached to an aromatic ring is 2. The van der Waals surface area contributed by atoms with Gasteiger partial charge in [-0.1, -0.05) is 72.8 Å². The average Bonchev–Trinajstić information content (AvgIpc) is 3.36. The molecule has 0 fully saturated rings. The third kappa shape index (κ3) is 4.88. The van der Waals surface area contributed by atoms with Gasteiger partial charge < -0.3 is 20.9 Å². The summed E-state index contributed by atoms with van der Waals surface area (Å²) in [7, 11) is 0. The first kappa shape index (κ1) is 24.6. The van der Waals surface area contributed by atoms with Gasteiger partial charge in [0.15, 0.2) is 0 Å². The maximum absolute atomic E-state index is 6.23. The summed E-state index contributed by atoms with van der Waals surface area (Å²) in [6.45, 7) is 0. The van der Waals surface area contributed by atoms with Crippen LogP contribution in [0.1, 0.15) is 11.1 Å². The third-order valence-corrected chi connectivity index (χ3v) is 7.44. The van der Waals surface area contributed by atoms with E-state index in [-0.39, 0.29) is 0 Å². The second-order valence-corrected chi connectivity index (χ2v) is 10.3. The number of ether oxygens (including phenoxy) is 2. The molecule has 0 spiro atoms. The van der Waals surface area contributed by atoms with Crippen molar-refractivity contribution in [2.24, 2.45) is 0 Å². The Morgan fingerprint density at radius 2 is 0.976 bits per heavy atom. The molecule has 0 atom stereocenters. The standard InChI is InChI=1S/C37H28N2O2/c38-27-10-5-14-31(22-27)40-29-12-3-8-24(19-29)34-17-18-35-33-16-2-1-7-25(33)21-36(35)37(34)26-9-4-13-30(20-26)41-32-15-6-11-28(39)23-32/h1-20,22-23H,21,38-39H2. The van der Waals surface area contributed by atoms with Crippen LogP contribution in [0.25, 0.3) is 33.4 Å². The van der Waals surface area contributed by atoms with Crippen LogP contribution in [0, 0.1) is 0 Å². The van der Waals surface area contributed by atoms with E-state index in [1.807, 2.05) is 72.8 Å². The molecule has 0 radical (unpaired) electrons. The van der Waals surface area contributed by atoms with E-state index in [9.17, 15) is 0 Å². The molecule has 1 aliphatic carbocycles. The van der Waals surface area contributed by atoms with Crippen LogP contribution < -0.4 is 20.9 Å². The third-order valence-electron chi connectivity index (χ3n) is 7.44. The van der Waals surface area contributed by atoms with Crippen LogP contribution in [0.5, 0.6) is 23.0 Å². The minimum atomic E-state index is 0.666. The lowest BCUT2D eigenvalue weighted by atomic mass is 9.88. The summed E-state index contributed by atoms with van der Waals surface area (Å²) < 4.78 is 12.4. The minimum Gasteiger partial charge on any atom is -0.457 e. The molecule has 0 aromatic heterocycles. The number of benzene rings is 6. The van der Waals surface area contributed by atoms with Crippen molar-refractivity contribution >= 4 is 11.4 Å². The topological polar surface area (TPSA) is 70.5 Å². The van der Waals surface area contributed by atoms with Crippen LogP contribution in [0.2, 0.25) is 0 Å². The second kappa shape index (κ2) is 10.2. The number of hydrogen-bond acceptors (Lipinski definition) is 4. The number of rotatable bonds is 6. The van der Waals surface area contributed by atoms with Crippen molar-refractivity contribution in [2.75, 3.05) is 11.5 Å². The lowest BCUT2D eigenvalue weighted by molar-refractivity contribution is 0.483. The lowest BCUT2D eigenvalue weighted by Crippen LogP contribution is -1.94. The first-order valence-electron chi connectivity index (χ1n) is 13.6. The Kier molecular flexibility index (Phi) is 6.14. The van der Waals surface area contributed by atoms with Crippen LogP contribution >= 0.6 is 0 Å². The van der Waals surface area contributed by atoms with Gasteiger partial charge in [-0.15, -0.1) is 0 Å². The van der Waals surface area contributed by atoms with E-state index in [2.05, 4.69) is 60.7 Å². The molecule has 0 saturated heterocycles. The van der Waals surface area contributed by atoms with Crippen molar-refractivity contribution in [1.82, 2.24) is 0 Å². The molecule has 0 unspecified atom stereocenters. The van der Waals surface area contributed by atoms with E-state index in [0.29, 0.717) is 22.9 Å². The quantitative estimate of drug-likeness (QED) is 0.209. The van der Waals surface area contributed by atoms with Crippen LogP contribution in [0.15, 0.2) is 133 Å². The minimum absolute atomic E-state index is 0.666. The average molecular weight is 533 g/mol. The normalized spacial score (nSPS) is 11.5. The highest BCUT2D eigenvalue weighted by Crippen LogP contribution is 2.47. The monoisotopic (exact) mass is 532 g/mol. The molecule has 4 nitrogen and oxygen atoms in total. The molecule has 4 heteroatoms. The first-order valence-corrected chi connectivity index (χ1v) is 13.6. The van der Waals surface area contributed by atoms with Crippen molar-refractivity contribution < 1.29 is 9.47 Å². The first-order chi connectivity index (χ1) is 20.1. The zero-order valence-corrected chi connectivity index (χ0v) is 22.4. The maximum Gasteiger partial charge on any atom is 0.129 e. The van der Waals surface area contributed by atoms with Crippen molar-refractivity contribution in [2.45, 2.75) is 6.42 Å². The van der Waals surface area contributed by atoms with Gasteiger partial charge in [-0.25, -0.2) is 0 Å². The Morgan fingerprint density at radius 3 is 1.63 bits per heavy atom. The molecule has 6 aromatic rings. The predicted molar refractivity (Wildman–Crippen MR) is 167 cm³/mol. The van der Waals surface area contributed by atoms with Gasteiger partial charge in [-0.3, -0.25) is 0 Å². The van der Waals surface area contributed by atoms with Gasteiger partial charge in [-0.05, 0) is 99.5 Å². The molecule has 0 aliphatic heterocycles. The zero-order valence-electron chi connectivity index (χ0n) is 22.4. The van der Waals surface area contributed by atoms with Gasteiger partial charge in [0.05, 0.1) is 0 Å². The van der Waals surface area contributed by atoms with Crippen LogP contribution in [0.4, 0.5) is 11.4 Å². The van der Waals surface area contributed by atoms with Gasteiger partial charge in [-0.2, -0.15) is 0 Å². The summed E-state index contributed by atoms with van der Waals surface area (Å²) in [5, 5.41) is 0. The molecule has 6 aromatic carbocycles. The highest BCUT2D eigenvalue weighted by molar-refractivity contribution is 5.94. The Bertz CT molecular complexity index is 1910. The lowest BCUT2D eigenvalue weighted by Gasteiger charge is -2.17. The number of fused-ring (bicyclic) bond motifs is 3. The molecule has 7 rings (SSSR count). The molecular formula is C37H28N2O2. The van der Waals surface area contributed by atoms with Crippen molar-refractivity contribution in [1.29, 1.82) is 0 Å². The molecule has 41 heavy (non-hydrogen) atoms. The van der Waals surface area contributed by atoms with E-state index in [1.54, 1.807) is 0 Å². The Hall–Kier alpha value is -5.48. The van der Waals surface area contributed by atoms with Crippen LogP contribution in [-0.4, -0.2) is 0 Å². The Labute approximate surface area is 239 Å². The molecular weight excluding hydrogens is 504 g/mol. The largest absolute Gasteiger partial charge is 0.457 e. The molecule has 0 heterocycles. The summed E-state index contributed by atoms with van der Waals surface area (Å²) in [5.74, 6) is 2.92. The fraction of sp³-hybridized carbons (Fsp3) is 0.0270. The van der Waals surface area contributed by atoms with Crippen LogP contribution in [-0.2, 0) is 6.42 Å². The van der Waals surface area contributed by atoms with E-state index in [1.165, 1.54) is 27.8 Å². The molecule has 198 valence electrons. The SMILES string of the molecule is Nc1cccc(Oc2cccc(-c3ccc4c(c3-c3cccc(Oc5cccc(N)c5)c3)Cc3ccccc3-4)c2)c1. The molecule has 4 N–H and O–H groups in total. The van der Waals surface area contributed by atoms with E-state index >= 15 is 0 Å². The Balaban J connectivity index is 1.34. The van der Waals surface area contributed by atoms with Gasteiger partial charge in [0.25, 0.3) is 0 Å². The fourth-order valence-electron chi connectivity index (χ4n) is 5.65. The van der Waals surface area contributed by atoms with Gasteiger partial charge in [0.1, 0.15) is 23.0 Å². The second-order valence-electron chi connectivity index (χ2n) is 10.3. The van der Waals surface area contributed by atoms with E-state index < -0.39 is 0 Å². The van der Waals surface area contributed by atoms with E-state index in [0.717, 1.165) is 34.6 Å². The van der Waals surface area contributed by atoms with E-state index in [4.69, 9.17) is 20.9 Å². The van der Waals surface area contributed by atoms with Crippen LogP contribution in [0.3, 0.4) is 0 Å². The molecule has 0 saturated carbocycles. The van der Waals surface area contributed by atoms with Gasteiger partial charge >= 0.3 is 0 Å². The summed E-state index contributed by atoms with van der Waals surface area (Å²) in [6.07, 6.45) is 0.870. The van der Waals surface area contributed by atoms with Crippen molar-refractivity contribution in [3.8, 4) is 56.4 Å². The highest BCUT2D eigenvalue weighted by atomic mass is 16.5. The predicted octanol–water partition coefficient (Wildman–Crippen LogP) is 9.34. The zero-order chi connectivity index (χ0) is 27.8. The summed E-state index contributed by atoms with van der Waals surface area (Å²) in [4.78, 5) is 0. The van der Waals surface area contributed by atoms with Crippen molar-refractivity contribution in [3.05, 3.63) is 145 Å². The number of hydrogen-bond donors (Lipinski definition) is 2. The summed E-state index contributed by atoms with van der Waals surface area (Å²) in [6, 6.07) is 44.6. The van der Waals surface area contributed by atoms with Crippen molar-refractivity contribution in [3.63, 3.8) is 0 Å². The molecule has 0 amide bonds. The number of nitrogens with two attached hydrogens (primary N) is 2. The maximum atomic E-state index is 6.23. The van der Waals surface area contributed by atoms with Gasteiger partial charge in [0.2, 0.25) is 0 Å². The molecule has 0 bridgehead atoms.